The third kappa shape index (κ3) is 3.34. The number of carboxylic acids is 1. The molecular formula is C14H11ClN2O3S. The molecule has 0 aliphatic carbocycles. The Morgan fingerprint density at radius 2 is 1.95 bits per heavy atom. The highest BCUT2D eigenvalue weighted by Gasteiger charge is 2.18. The first-order chi connectivity index (χ1) is 10.0. The summed E-state index contributed by atoms with van der Waals surface area (Å²) < 4.78 is 0. The Labute approximate surface area is 130 Å². The zero-order valence-corrected chi connectivity index (χ0v) is 12.5. The number of carbonyl (C=O) groups is 2. The molecule has 2 aromatic rings. The molecule has 0 spiro atoms. The topological polar surface area (TPSA) is 79.3 Å². The summed E-state index contributed by atoms with van der Waals surface area (Å²) in [5.74, 6) is -1.62. The molecule has 0 atom stereocenters. The van der Waals surface area contributed by atoms with Crippen LogP contribution in [0.15, 0.2) is 41.6 Å². The molecule has 0 saturated heterocycles. The van der Waals surface area contributed by atoms with Gasteiger partial charge in [-0.2, -0.15) is 0 Å². The van der Waals surface area contributed by atoms with Gasteiger partial charge in [-0.25, -0.2) is 9.78 Å². The van der Waals surface area contributed by atoms with E-state index in [1.807, 2.05) is 0 Å². The summed E-state index contributed by atoms with van der Waals surface area (Å²) >= 11 is 7.31. The number of amides is 1. The summed E-state index contributed by atoms with van der Waals surface area (Å²) in [6.07, 6.45) is 3.39. The van der Waals surface area contributed by atoms with Crippen molar-refractivity contribution in [2.75, 3.05) is 11.6 Å². The van der Waals surface area contributed by atoms with Crippen molar-refractivity contribution in [3.63, 3.8) is 0 Å². The van der Waals surface area contributed by atoms with Gasteiger partial charge in [-0.05, 0) is 30.5 Å². The van der Waals surface area contributed by atoms with Crippen molar-refractivity contribution in [1.29, 1.82) is 0 Å². The smallest absolute Gasteiger partial charge is 0.337 e. The van der Waals surface area contributed by atoms with Gasteiger partial charge in [-0.1, -0.05) is 17.7 Å². The average molecular weight is 323 g/mol. The lowest BCUT2D eigenvalue weighted by molar-refractivity contribution is 0.0698. The molecule has 0 aliphatic heterocycles. The van der Waals surface area contributed by atoms with Crippen molar-refractivity contribution in [2.45, 2.75) is 5.03 Å². The van der Waals surface area contributed by atoms with Crippen molar-refractivity contribution >= 4 is 40.9 Å². The lowest BCUT2D eigenvalue weighted by atomic mass is 10.1. The van der Waals surface area contributed by atoms with Crippen LogP contribution in [0, 0.1) is 0 Å². The van der Waals surface area contributed by atoms with E-state index < -0.39 is 11.9 Å². The molecule has 7 heteroatoms. The number of thioether (sulfide) groups is 1. The number of anilines is 1. The fraction of sp³-hybridized carbons (Fsp3) is 0.0714. The van der Waals surface area contributed by atoms with Crippen LogP contribution >= 0.6 is 23.4 Å². The number of aromatic carboxylic acids is 1. The molecule has 21 heavy (non-hydrogen) atoms. The Morgan fingerprint density at radius 3 is 2.62 bits per heavy atom. The Kier molecular flexibility index (Phi) is 4.82. The molecular weight excluding hydrogens is 312 g/mol. The molecule has 1 heterocycles. The molecule has 0 aliphatic rings. The highest BCUT2D eigenvalue weighted by atomic mass is 35.5. The van der Waals surface area contributed by atoms with Gasteiger partial charge in [0.25, 0.3) is 5.91 Å². The number of nitrogens with zero attached hydrogens (tertiary/aromatic N) is 1. The van der Waals surface area contributed by atoms with Gasteiger partial charge in [0, 0.05) is 6.20 Å². The van der Waals surface area contributed by atoms with E-state index in [9.17, 15) is 9.59 Å². The number of aromatic nitrogens is 1. The van der Waals surface area contributed by atoms with Crippen molar-refractivity contribution < 1.29 is 14.7 Å². The molecule has 1 aromatic heterocycles. The Morgan fingerprint density at radius 1 is 1.24 bits per heavy atom. The van der Waals surface area contributed by atoms with E-state index in [1.54, 1.807) is 24.6 Å². The van der Waals surface area contributed by atoms with Crippen LogP contribution in [0.5, 0.6) is 0 Å². The number of halogens is 1. The van der Waals surface area contributed by atoms with E-state index in [0.29, 0.717) is 10.6 Å². The van der Waals surface area contributed by atoms with Crippen LogP contribution in [-0.2, 0) is 0 Å². The Bertz CT molecular complexity index is 706. The lowest BCUT2D eigenvalue weighted by Gasteiger charge is -2.11. The molecule has 5 nitrogen and oxygen atoms in total. The number of pyridine rings is 1. The van der Waals surface area contributed by atoms with Crippen molar-refractivity contribution in [2.24, 2.45) is 0 Å². The van der Waals surface area contributed by atoms with Gasteiger partial charge in [-0.3, -0.25) is 4.79 Å². The zero-order chi connectivity index (χ0) is 15.4. The molecule has 1 amide bonds. The maximum atomic E-state index is 12.3. The predicted octanol–water partition coefficient (Wildman–Crippen LogP) is 3.41. The summed E-state index contributed by atoms with van der Waals surface area (Å²) in [7, 11) is 0. The quantitative estimate of drug-likeness (QED) is 0.843. The van der Waals surface area contributed by atoms with Gasteiger partial charge in [0.1, 0.15) is 5.03 Å². The molecule has 0 radical (unpaired) electrons. The molecule has 1 aromatic carbocycles. The first-order valence-corrected chi connectivity index (χ1v) is 7.47. The maximum absolute atomic E-state index is 12.3. The highest BCUT2D eigenvalue weighted by molar-refractivity contribution is 7.98. The summed E-state index contributed by atoms with van der Waals surface area (Å²) in [6, 6.07) is 7.66. The van der Waals surface area contributed by atoms with Crippen LogP contribution in [0.4, 0.5) is 5.69 Å². The molecule has 0 bridgehead atoms. The van der Waals surface area contributed by atoms with E-state index in [0.717, 1.165) is 0 Å². The minimum absolute atomic E-state index is 0.0644. The second-order valence-electron chi connectivity index (χ2n) is 3.98. The number of rotatable bonds is 4. The number of nitrogens with one attached hydrogen (secondary N) is 1. The fourth-order valence-corrected chi connectivity index (χ4v) is 2.51. The van der Waals surface area contributed by atoms with Gasteiger partial charge < -0.3 is 10.4 Å². The SMILES string of the molecule is CSc1ncccc1C(=O)Nc1c(Cl)cccc1C(=O)O. The molecule has 108 valence electrons. The first kappa shape index (κ1) is 15.3. The number of hydrogen-bond acceptors (Lipinski definition) is 4. The van der Waals surface area contributed by atoms with E-state index in [-0.39, 0.29) is 16.3 Å². The van der Waals surface area contributed by atoms with Gasteiger partial charge in [-0.15, -0.1) is 11.8 Å². The van der Waals surface area contributed by atoms with Gasteiger partial charge in [0.15, 0.2) is 0 Å². The first-order valence-electron chi connectivity index (χ1n) is 5.86. The van der Waals surface area contributed by atoms with Crippen LogP contribution in [0.25, 0.3) is 0 Å². The number of hydrogen-bond donors (Lipinski definition) is 2. The van der Waals surface area contributed by atoms with Gasteiger partial charge >= 0.3 is 5.97 Å². The third-order valence-corrected chi connectivity index (χ3v) is 3.72. The normalized spacial score (nSPS) is 10.2. The molecule has 0 unspecified atom stereocenters. The Balaban J connectivity index is 2.38. The molecule has 2 N–H and O–H groups in total. The summed E-state index contributed by atoms with van der Waals surface area (Å²) in [5, 5.41) is 12.4. The second kappa shape index (κ2) is 6.60. The van der Waals surface area contributed by atoms with Crippen molar-refractivity contribution in [1.82, 2.24) is 4.98 Å². The van der Waals surface area contributed by atoms with Crippen LogP contribution in [0.2, 0.25) is 5.02 Å². The van der Waals surface area contributed by atoms with E-state index in [1.165, 1.54) is 30.0 Å². The molecule has 0 fully saturated rings. The standard InChI is InChI=1S/C14H11ClN2O3S/c1-21-13-9(5-3-7-16-13)12(18)17-11-8(14(19)20)4-2-6-10(11)15/h2-7H,1H3,(H,17,18)(H,19,20). The van der Waals surface area contributed by atoms with E-state index in [2.05, 4.69) is 10.3 Å². The van der Waals surface area contributed by atoms with E-state index in [4.69, 9.17) is 16.7 Å². The van der Waals surface area contributed by atoms with E-state index >= 15 is 0 Å². The van der Waals surface area contributed by atoms with Gasteiger partial charge in [0.2, 0.25) is 0 Å². The lowest BCUT2D eigenvalue weighted by Crippen LogP contribution is -2.16. The average Bonchev–Trinajstić information content (AvgIpc) is 2.48. The molecule has 2 rings (SSSR count). The zero-order valence-electron chi connectivity index (χ0n) is 11.0. The molecule has 0 saturated carbocycles. The monoisotopic (exact) mass is 322 g/mol. The van der Waals surface area contributed by atoms with Crippen LogP contribution in [0.1, 0.15) is 20.7 Å². The van der Waals surface area contributed by atoms with Crippen LogP contribution in [-0.4, -0.2) is 28.2 Å². The van der Waals surface area contributed by atoms with Gasteiger partial charge in [0.05, 0.1) is 21.8 Å². The minimum atomic E-state index is -1.16. The number of para-hydroxylation sites is 1. The number of carbonyl (C=O) groups excluding carboxylic acids is 1. The predicted molar refractivity (Wildman–Crippen MR) is 82.4 cm³/mol. The maximum Gasteiger partial charge on any atom is 0.337 e. The van der Waals surface area contributed by atoms with Crippen molar-refractivity contribution in [3.05, 3.63) is 52.7 Å². The van der Waals surface area contributed by atoms with Crippen molar-refractivity contribution in [3.8, 4) is 0 Å². The van der Waals surface area contributed by atoms with Crippen LogP contribution < -0.4 is 5.32 Å². The van der Waals surface area contributed by atoms with Crippen LogP contribution in [0.3, 0.4) is 0 Å². The third-order valence-electron chi connectivity index (χ3n) is 2.69. The fourth-order valence-electron chi connectivity index (χ4n) is 1.74. The second-order valence-corrected chi connectivity index (χ2v) is 5.18. The number of benzene rings is 1. The highest BCUT2D eigenvalue weighted by Crippen LogP contribution is 2.27. The summed E-state index contributed by atoms with van der Waals surface area (Å²) in [4.78, 5) is 27.6. The summed E-state index contributed by atoms with van der Waals surface area (Å²) in [6.45, 7) is 0. The minimum Gasteiger partial charge on any atom is -0.478 e. The Hall–Kier alpha value is -2.05. The largest absolute Gasteiger partial charge is 0.478 e. The number of carboxylic acid groups (broad SMARTS) is 1. The summed E-state index contributed by atoms with van der Waals surface area (Å²) in [5.41, 5.74) is 0.374.